The number of amides is 1. The molecule has 1 aliphatic rings. The van der Waals surface area contributed by atoms with Crippen molar-refractivity contribution in [2.24, 2.45) is 5.73 Å². The van der Waals surface area contributed by atoms with Gasteiger partial charge in [0, 0.05) is 32.2 Å². The molecule has 6 nitrogen and oxygen atoms in total. The third-order valence-electron chi connectivity index (χ3n) is 3.48. The molecule has 1 fully saturated rings. The van der Waals surface area contributed by atoms with Gasteiger partial charge in [0.25, 0.3) is 0 Å². The number of pyridine rings is 1. The first-order valence-corrected chi connectivity index (χ1v) is 7.72. The fraction of sp³-hybridized carbons (Fsp3) is 0.625. The van der Waals surface area contributed by atoms with Crippen LogP contribution in [0.4, 0.5) is 10.6 Å². The molecule has 2 heterocycles. The van der Waals surface area contributed by atoms with E-state index >= 15 is 0 Å². The van der Waals surface area contributed by atoms with Gasteiger partial charge in [-0.05, 0) is 39.8 Å². The van der Waals surface area contributed by atoms with Gasteiger partial charge >= 0.3 is 6.09 Å². The maximum atomic E-state index is 12.1. The molecule has 6 heteroatoms. The molecule has 1 unspecified atom stereocenters. The fourth-order valence-electron chi connectivity index (χ4n) is 2.31. The maximum absolute atomic E-state index is 12.1. The van der Waals surface area contributed by atoms with Gasteiger partial charge in [0.05, 0.1) is 5.69 Å². The van der Waals surface area contributed by atoms with Crippen LogP contribution in [-0.2, 0) is 4.74 Å². The Morgan fingerprint density at radius 1 is 1.27 bits per heavy atom. The first kappa shape index (κ1) is 16.5. The molecule has 1 aromatic heterocycles. The number of anilines is 1. The third kappa shape index (κ3) is 4.34. The predicted molar refractivity (Wildman–Crippen MR) is 86.9 cm³/mol. The molecule has 0 bridgehead atoms. The first-order valence-electron chi connectivity index (χ1n) is 7.72. The molecular formula is C16H26N4O2. The van der Waals surface area contributed by atoms with E-state index in [0.29, 0.717) is 13.1 Å². The van der Waals surface area contributed by atoms with Crippen molar-refractivity contribution >= 4 is 11.9 Å². The van der Waals surface area contributed by atoms with Crippen LogP contribution in [0, 0.1) is 0 Å². The molecular weight excluding hydrogens is 280 g/mol. The number of nitrogens with two attached hydrogens (primary N) is 1. The minimum Gasteiger partial charge on any atom is -0.444 e. The van der Waals surface area contributed by atoms with Crippen LogP contribution in [-0.4, -0.2) is 47.8 Å². The Bertz CT molecular complexity index is 517. The van der Waals surface area contributed by atoms with Gasteiger partial charge in [-0.15, -0.1) is 0 Å². The van der Waals surface area contributed by atoms with E-state index in [9.17, 15) is 4.79 Å². The summed E-state index contributed by atoms with van der Waals surface area (Å²) in [4.78, 5) is 20.6. The van der Waals surface area contributed by atoms with E-state index in [0.717, 1.165) is 24.6 Å². The lowest BCUT2D eigenvalue weighted by molar-refractivity contribution is 0.0240. The summed E-state index contributed by atoms with van der Waals surface area (Å²) in [6.45, 7) is 10.3. The molecule has 1 atom stereocenters. The summed E-state index contributed by atoms with van der Waals surface area (Å²) >= 11 is 0. The van der Waals surface area contributed by atoms with Crippen LogP contribution in [0.15, 0.2) is 18.2 Å². The zero-order valence-corrected chi connectivity index (χ0v) is 13.9. The van der Waals surface area contributed by atoms with Crippen LogP contribution in [0.3, 0.4) is 0 Å². The van der Waals surface area contributed by atoms with Crippen LogP contribution < -0.4 is 10.6 Å². The van der Waals surface area contributed by atoms with Crippen molar-refractivity contribution in [2.75, 3.05) is 31.1 Å². The Hall–Kier alpha value is -1.82. The number of aromatic nitrogens is 1. The topological polar surface area (TPSA) is 71.7 Å². The normalized spacial score (nSPS) is 17.3. The van der Waals surface area contributed by atoms with Crippen molar-refractivity contribution in [2.45, 2.75) is 39.3 Å². The zero-order valence-electron chi connectivity index (χ0n) is 13.9. The summed E-state index contributed by atoms with van der Waals surface area (Å²) in [5.41, 5.74) is 6.31. The van der Waals surface area contributed by atoms with Gasteiger partial charge in [0.1, 0.15) is 11.4 Å². The van der Waals surface area contributed by atoms with Gasteiger partial charge in [0.2, 0.25) is 0 Å². The monoisotopic (exact) mass is 306 g/mol. The second-order valence-corrected chi connectivity index (χ2v) is 6.66. The van der Waals surface area contributed by atoms with Gasteiger partial charge in [-0.1, -0.05) is 6.07 Å². The van der Waals surface area contributed by atoms with E-state index in [1.807, 2.05) is 45.9 Å². The number of hydrogen-bond acceptors (Lipinski definition) is 5. The van der Waals surface area contributed by atoms with Crippen molar-refractivity contribution in [1.82, 2.24) is 9.88 Å². The molecule has 1 amide bonds. The van der Waals surface area contributed by atoms with Crippen molar-refractivity contribution < 1.29 is 9.53 Å². The Kier molecular flexibility index (Phi) is 4.90. The maximum Gasteiger partial charge on any atom is 0.410 e. The van der Waals surface area contributed by atoms with Gasteiger partial charge in [0.15, 0.2) is 0 Å². The summed E-state index contributed by atoms with van der Waals surface area (Å²) in [5, 5.41) is 0. The summed E-state index contributed by atoms with van der Waals surface area (Å²) < 4.78 is 5.41. The first-order chi connectivity index (χ1) is 10.3. The number of piperazine rings is 1. The Labute approximate surface area is 132 Å². The van der Waals surface area contributed by atoms with Crippen LogP contribution in [0.2, 0.25) is 0 Å². The average Bonchev–Trinajstić information content (AvgIpc) is 2.46. The molecule has 2 rings (SSSR count). The van der Waals surface area contributed by atoms with Crippen LogP contribution >= 0.6 is 0 Å². The average molecular weight is 306 g/mol. The summed E-state index contributed by atoms with van der Waals surface area (Å²) in [7, 11) is 0. The number of rotatable bonds is 2. The largest absolute Gasteiger partial charge is 0.444 e. The highest BCUT2D eigenvalue weighted by Gasteiger charge is 2.26. The van der Waals surface area contributed by atoms with Crippen LogP contribution in [0.25, 0.3) is 0 Å². The van der Waals surface area contributed by atoms with Gasteiger partial charge in [-0.2, -0.15) is 0 Å². The van der Waals surface area contributed by atoms with Crippen LogP contribution in [0.5, 0.6) is 0 Å². The summed E-state index contributed by atoms with van der Waals surface area (Å²) in [6, 6.07) is 5.81. The molecule has 0 radical (unpaired) electrons. The Morgan fingerprint density at radius 3 is 2.45 bits per heavy atom. The molecule has 0 aliphatic carbocycles. The minimum atomic E-state index is -0.457. The molecule has 2 N–H and O–H groups in total. The van der Waals surface area contributed by atoms with E-state index in [1.54, 1.807) is 4.90 Å². The molecule has 0 spiro atoms. The van der Waals surface area contributed by atoms with Crippen molar-refractivity contribution in [3.8, 4) is 0 Å². The Balaban J connectivity index is 1.95. The molecule has 1 saturated heterocycles. The number of nitrogens with zero attached hydrogens (tertiary/aromatic N) is 3. The zero-order chi connectivity index (χ0) is 16.3. The van der Waals surface area contributed by atoms with E-state index in [1.165, 1.54) is 0 Å². The van der Waals surface area contributed by atoms with E-state index < -0.39 is 5.60 Å². The SMILES string of the molecule is CC(N)c1cccc(N2CCN(C(=O)OC(C)(C)C)CC2)n1. The lowest BCUT2D eigenvalue weighted by Crippen LogP contribution is -2.50. The third-order valence-corrected chi connectivity index (χ3v) is 3.48. The molecule has 0 saturated carbocycles. The number of hydrogen-bond donors (Lipinski definition) is 1. The molecule has 0 aromatic carbocycles. The lowest BCUT2D eigenvalue weighted by atomic mass is 10.2. The highest BCUT2D eigenvalue weighted by atomic mass is 16.6. The second-order valence-electron chi connectivity index (χ2n) is 6.66. The number of ether oxygens (including phenoxy) is 1. The summed E-state index contributed by atoms with van der Waals surface area (Å²) in [5.74, 6) is 0.915. The minimum absolute atomic E-state index is 0.0806. The highest BCUT2D eigenvalue weighted by molar-refractivity contribution is 5.68. The Morgan fingerprint density at radius 2 is 1.91 bits per heavy atom. The number of carbonyl (C=O) groups is 1. The molecule has 1 aliphatic heterocycles. The summed E-state index contributed by atoms with van der Waals surface area (Å²) in [6.07, 6.45) is -0.246. The quantitative estimate of drug-likeness (QED) is 0.906. The van der Waals surface area contributed by atoms with Gasteiger partial charge in [-0.3, -0.25) is 0 Å². The standard InChI is InChI=1S/C16H26N4O2/c1-12(17)13-6-5-7-14(18-13)19-8-10-20(11-9-19)15(21)22-16(2,3)4/h5-7,12H,8-11,17H2,1-4H3. The number of carbonyl (C=O) groups excluding carboxylic acids is 1. The van der Waals surface area contributed by atoms with Crippen LogP contribution in [0.1, 0.15) is 39.4 Å². The fourth-order valence-corrected chi connectivity index (χ4v) is 2.31. The second kappa shape index (κ2) is 6.52. The van der Waals surface area contributed by atoms with Gasteiger partial charge < -0.3 is 20.3 Å². The van der Waals surface area contributed by atoms with E-state index in [4.69, 9.17) is 10.5 Å². The lowest BCUT2D eigenvalue weighted by Gasteiger charge is -2.36. The van der Waals surface area contributed by atoms with Crippen molar-refractivity contribution in [3.05, 3.63) is 23.9 Å². The molecule has 1 aromatic rings. The van der Waals surface area contributed by atoms with E-state index in [-0.39, 0.29) is 12.1 Å². The molecule has 122 valence electrons. The predicted octanol–water partition coefficient (Wildman–Crippen LogP) is 2.16. The molecule has 22 heavy (non-hydrogen) atoms. The smallest absolute Gasteiger partial charge is 0.410 e. The van der Waals surface area contributed by atoms with Gasteiger partial charge in [-0.25, -0.2) is 9.78 Å². The van der Waals surface area contributed by atoms with Crippen molar-refractivity contribution in [3.63, 3.8) is 0 Å². The van der Waals surface area contributed by atoms with Crippen molar-refractivity contribution in [1.29, 1.82) is 0 Å². The van der Waals surface area contributed by atoms with E-state index in [2.05, 4.69) is 9.88 Å². The highest BCUT2D eigenvalue weighted by Crippen LogP contribution is 2.18.